The average molecular weight is 236 g/mol. The maximum absolute atomic E-state index is 5.55. The van der Waals surface area contributed by atoms with Crippen molar-refractivity contribution in [3.05, 3.63) is 21.7 Å². The summed E-state index contributed by atoms with van der Waals surface area (Å²) >= 11 is 1.86. The van der Waals surface area contributed by atoms with Gasteiger partial charge in [0.2, 0.25) is 0 Å². The van der Waals surface area contributed by atoms with E-state index in [1.807, 2.05) is 11.3 Å². The SMILES string of the molecule is CN1CCOC[C@@H]1c1nc2c(s1)CCC=C2. The minimum absolute atomic E-state index is 0.359. The summed E-state index contributed by atoms with van der Waals surface area (Å²) in [5.41, 5.74) is 1.19. The van der Waals surface area contributed by atoms with Gasteiger partial charge in [0, 0.05) is 11.4 Å². The third-order valence-electron chi connectivity index (χ3n) is 3.24. The number of allylic oxidation sites excluding steroid dienone is 1. The summed E-state index contributed by atoms with van der Waals surface area (Å²) in [5.74, 6) is 0. The third-order valence-corrected chi connectivity index (χ3v) is 4.47. The van der Waals surface area contributed by atoms with Crippen molar-refractivity contribution in [2.24, 2.45) is 0 Å². The van der Waals surface area contributed by atoms with Crippen molar-refractivity contribution in [2.75, 3.05) is 26.8 Å². The number of likely N-dealkylation sites (N-methyl/N-ethyl adjacent to an activating group) is 1. The molecule has 1 aliphatic carbocycles. The number of aromatic nitrogens is 1. The number of rotatable bonds is 1. The molecule has 2 heterocycles. The Labute approximate surface area is 99.7 Å². The molecule has 4 heteroatoms. The molecule has 0 radical (unpaired) electrons. The lowest BCUT2D eigenvalue weighted by atomic mass is 10.1. The number of ether oxygens (including phenoxy) is 1. The van der Waals surface area contributed by atoms with Crippen molar-refractivity contribution in [2.45, 2.75) is 18.9 Å². The molecule has 1 aromatic heterocycles. The van der Waals surface area contributed by atoms with Crippen molar-refractivity contribution in [1.29, 1.82) is 0 Å². The fourth-order valence-corrected chi connectivity index (χ4v) is 3.41. The van der Waals surface area contributed by atoms with E-state index in [1.54, 1.807) is 0 Å². The smallest absolute Gasteiger partial charge is 0.113 e. The van der Waals surface area contributed by atoms with E-state index in [4.69, 9.17) is 9.72 Å². The van der Waals surface area contributed by atoms with E-state index >= 15 is 0 Å². The maximum Gasteiger partial charge on any atom is 0.113 e. The van der Waals surface area contributed by atoms with Crippen molar-refractivity contribution in [3.63, 3.8) is 0 Å². The predicted octanol–water partition coefficient (Wildman–Crippen LogP) is 2.11. The van der Waals surface area contributed by atoms with Gasteiger partial charge in [-0.3, -0.25) is 4.90 Å². The Morgan fingerprint density at radius 1 is 1.56 bits per heavy atom. The number of nitrogens with zero attached hydrogens (tertiary/aromatic N) is 2. The van der Waals surface area contributed by atoms with Crippen molar-refractivity contribution >= 4 is 17.4 Å². The molecular weight excluding hydrogens is 220 g/mol. The molecule has 1 fully saturated rings. The van der Waals surface area contributed by atoms with Crippen molar-refractivity contribution < 1.29 is 4.74 Å². The molecule has 0 N–H and O–H groups in total. The molecule has 0 bridgehead atoms. The van der Waals surface area contributed by atoms with Crippen LogP contribution in [-0.2, 0) is 11.2 Å². The van der Waals surface area contributed by atoms with Crippen molar-refractivity contribution in [1.82, 2.24) is 9.88 Å². The lowest BCUT2D eigenvalue weighted by Crippen LogP contribution is -2.36. The average Bonchev–Trinajstić information content (AvgIpc) is 2.73. The first-order valence-corrected chi connectivity index (χ1v) is 6.60. The summed E-state index contributed by atoms with van der Waals surface area (Å²) in [4.78, 5) is 8.52. The van der Waals surface area contributed by atoms with Gasteiger partial charge in [0.15, 0.2) is 0 Å². The summed E-state index contributed by atoms with van der Waals surface area (Å²) < 4.78 is 5.55. The molecule has 0 unspecified atom stereocenters. The van der Waals surface area contributed by atoms with Crippen LogP contribution in [0.25, 0.3) is 6.08 Å². The molecule has 1 aliphatic heterocycles. The minimum atomic E-state index is 0.359. The van der Waals surface area contributed by atoms with Crippen molar-refractivity contribution in [3.8, 4) is 0 Å². The lowest BCUT2D eigenvalue weighted by molar-refractivity contribution is 0.00498. The van der Waals surface area contributed by atoms with Gasteiger partial charge in [0.25, 0.3) is 0 Å². The van der Waals surface area contributed by atoms with E-state index in [0.717, 1.165) is 32.6 Å². The van der Waals surface area contributed by atoms with Gasteiger partial charge in [-0.1, -0.05) is 6.08 Å². The molecule has 3 nitrogen and oxygen atoms in total. The van der Waals surface area contributed by atoms with E-state index in [1.165, 1.54) is 15.6 Å². The highest BCUT2D eigenvalue weighted by atomic mass is 32.1. The van der Waals surface area contributed by atoms with Gasteiger partial charge >= 0.3 is 0 Å². The monoisotopic (exact) mass is 236 g/mol. The molecular formula is C12H16N2OS. The molecule has 1 atom stereocenters. The third kappa shape index (κ3) is 1.81. The van der Waals surface area contributed by atoms with Gasteiger partial charge in [0.05, 0.1) is 24.9 Å². The van der Waals surface area contributed by atoms with E-state index in [9.17, 15) is 0 Å². The first-order chi connectivity index (χ1) is 7.84. The molecule has 16 heavy (non-hydrogen) atoms. The van der Waals surface area contributed by atoms with Crippen LogP contribution in [0.3, 0.4) is 0 Å². The summed E-state index contributed by atoms with van der Waals surface area (Å²) in [5, 5.41) is 1.22. The number of fused-ring (bicyclic) bond motifs is 1. The number of thiazole rings is 1. The van der Waals surface area contributed by atoms with E-state index in [0.29, 0.717) is 6.04 Å². The molecule has 3 rings (SSSR count). The second-order valence-corrected chi connectivity index (χ2v) is 5.49. The second-order valence-electron chi connectivity index (χ2n) is 4.37. The molecule has 1 saturated heterocycles. The van der Waals surface area contributed by atoms with E-state index in [-0.39, 0.29) is 0 Å². The highest BCUT2D eigenvalue weighted by Crippen LogP contribution is 2.32. The van der Waals surface area contributed by atoms with Crippen LogP contribution in [0.4, 0.5) is 0 Å². The Morgan fingerprint density at radius 3 is 3.31 bits per heavy atom. The van der Waals surface area contributed by atoms with E-state index in [2.05, 4.69) is 24.1 Å². The molecule has 0 saturated carbocycles. The zero-order valence-corrected chi connectivity index (χ0v) is 10.3. The summed E-state index contributed by atoms with van der Waals surface area (Å²) in [6.07, 6.45) is 6.68. The van der Waals surface area contributed by atoms with Crippen LogP contribution >= 0.6 is 11.3 Å². The predicted molar refractivity (Wildman–Crippen MR) is 65.7 cm³/mol. The fraction of sp³-hybridized carbons (Fsp3) is 0.583. The summed E-state index contributed by atoms with van der Waals surface area (Å²) in [6, 6.07) is 0.359. The topological polar surface area (TPSA) is 25.4 Å². The van der Waals surface area contributed by atoms with Crippen LogP contribution in [0.5, 0.6) is 0 Å². The van der Waals surface area contributed by atoms with Crippen LogP contribution in [0.15, 0.2) is 6.08 Å². The number of hydrogen-bond acceptors (Lipinski definition) is 4. The summed E-state index contributed by atoms with van der Waals surface area (Å²) in [6.45, 7) is 2.63. The van der Waals surface area contributed by atoms with Gasteiger partial charge in [-0.15, -0.1) is 11.3 Å². The number of hydrogen-bond donors (Lipinski definition) is 0. The Morgan fingerprint density at radius 2 is 2.50 bits per heavy atom. The highest BCUT2D eigenvalue weighted by molar-refractivity contribution is 7.11. The Kier molecular flexibility index (Phi) is 2.79. The van der Waals surface area contributed by atoms with Crippen LogP contribution in [0, 0.1) is 0 Å². The fourth-order valence-electron chi connectivity index (χ4n) is 2.19. The molecule has 2 aliphatic rings. The molecule has 86 valence electrons. The molecule has 1 aromatic rings. The molecule has 0 aromatic carbocycles. The van der Waals surface area contributed by atoms with Crippen LogP contribution in [-0.4, -0.2) is 36.7 Å². The van der Waals surface area contributed by atoms with Gasteiger partial charge in [-0.05, 0) is 26.0 Å². The Bertz CT molecular complexity index is 413. The van der Waals surface area contributed by atoms with E-state index < -0.39 is 0 Å². The van der Waals surface area contributed by atoms with Crippen LogP contribution < -0.4 is 0 Å². The quantitative estimate of drug-likeness (QED) is 0.746. The normalized spacial score (nSPS) is 25.7. The van der Waals surface area contributed by atoms with Crippen LogP contribution in [0.2, 0.25) is 0 Å². The highest BCUT2D eigenvalue weighted by Gasteiger charge is 2.25. The Hall–Kier alpha value is -0.710. The number of morpholine rings is 1. The zero-order chi connectivity index (χ0) is 11.0. The minimum Gasteiger partial charge on any atom is -0.378 e. The second kappa shape index (κ2) is 4.28. The number of aryl methyl sites for hydroxylation is 1. The maximum atomic E-state index is 5.55. The largest absolute Gasteiger partial charge is 0.378 e. The first kappa shape index (κ1) is 10.4. The first-order valence-electron chi connectivity index (χ1n) is 5.79. The zero-order valence-electron chi connectivity index (χ0n) is 9.48. The Balaban J connectivity index is 1.88. The molecule has 0 spiro atoms. The lowest BCUT2D eigenvalue weighted by Gasteiger charge is -2.30. The van der Waals surface area contributed by atoms with Crippen LogP contribution in [0.1, 0.15) is 28.0 Å². The molecule has 0 amide bonds. The van der Waals surface area contributed by atoms with Gasteiger partial charge in [-0.2, -0.15) is 0 Å². The standard InChI is InChI=1S/C12H16N2OS/c1-14-6-7-15-8-10(14)12-13-9-4-2-3-5-11(9)16-12/h2,4,10H,3,5-8H2,1H3/t10-/m1/s1. The van der Waals surface area contributed by atoms with Gasteiger partial charge in [-0.25, -0.2) is 4.98 Å². The summed E-state index contributed by atoms with van der Waals surface area (Å²) in [7, 11) is 2.16. The van der Waals surface area contributed by atoms with Gasteiger partial charge in [0.1, 0.15) is 5.01 Å². The van der Waals surface area contributed by atoms with Gasteiger partial charge < -0.3 is 4.74 Å².